The largest absolute Gasteiger partial charge is 0.349 e. The number of hydrogen-bond acceptors (Lipinski definition) is 3. The normalized spacial score (nSPS) is 6.38. The van der Waals surface area contributed by atoms with Gasteiger partial charge in [-0.3, -0.25) is 4.79 Å². The highest BCUT2D eigenvalue weighted by Gasteiger charge is 1.87. The molecule has 0 bridgehead atoms. The summed E-state index contributed by atoms with van der Waals surface area (Å²) in [5.74, 6) is 0.0926. The quantitative estimate of drug-likeness (QED) is 0.460. The van der Waals surface area contributed by atoms with Crippen molar-refractivity contribution in [2.75, 3.05) is 14.1 Å². The predicted octanol–water partition coefficient (Wildman–Crippen LogP) is -0.242. The van der Waals surface area contributed by atoms with Gasteiger partial charge in [-0.1, -0.05) is 0 Å². The molecule has 0 saturated carbocycles. The fourth-order valence-electron chi connectivity index (χ4n) is 0. The summed E-state index contributed by atoms with van der Waals surface area (Å²) in [7, 11) is 3.45. The maximum atomic E-state index is 10.1. The van der Waals surface area contributed by atoms with Gasteiger partial charge in [-0.2, -0.15) is 4.21 Å². The van der Waals surface area contributed by atoms with Crippen molar-refractivity contribution in [2.45, 2.75) is 6.92 Å². The Morgan fingerprint density at radius 1 is 1.38 bits per heavy atom. The first-order chi connectivity index (χ1) is 3.64. The lowest BCUT2D eigenvalue weighted by molar-refractivity contribution is -0.126. The summed E-state index contributed by atoms with van der Waals surface area (Å²) in [5.41, 5.74) is 0. The first-order valence-electron chi connectivity index (χ1n) is 1.99. The monoisotopic (exact) mass is 135 g/mol. The minimum absolute atomic E-state index is 0.0926. The second-order valence-corrected chi connectivity index (χ2v) is 1.41. The first-order valence-corrected chi connectivity index (χ1v) is 2.32. The third kappa shape index (κ3) is 9.09. The number of carbonyl (C=O) groups excluding carboxylic acids is 1. The van der Waals surface area contributed by atoms with E-state index in [0.29, 0.717) is 0 Å². The van der Waals surface area contributed by atoms with Crippen LogP contribution in [-0.2, 0) is 17.3 Å². The molecular weight excluding hydrogens is 126 g/mol. The van der Waals surface area contributed by atoms with Gasteiger partial charge in [-0.05, 0) is 0 Å². The molecule has 0 aliphatic heterocycles. The van der Waals surface area contributed by atoms with Crippen molar-refractivity contribution in [2.24, 2.45) is 0 Å². The van der Waals surface area contributed by atoms with Crippen LogP contribution < -0.4 is 0 Å². The maximum absolute atomic E-state index is 10.1. The average molecular weight is 135 g/mol. The van der Waals surface area contributed by atoms with Crippen molar-refractivity contribution >= 4 is 18.4 Å². The van der Waals surface area contributed by atoms with Gasteiger partial charge in [0.2, 0.25) is 5.91 Å². The molecule has 0 unspecified atom stereocenters. The van der Waals surface area contributed by atoms with E-state index in [1.807, 2.05) is 0 Å². The summed E-state index contributed by atoms with van der Waals surface area (Å²) in [4.78, 5) is 11.6. The Labute approximate surface area is 54.2 Å². The summed E-state index contributed by atoms with van der Waals surface area (Å²) < 4.78 is 7.83. The molecule has 0 heterocycles. The van der Waals surface area contributed by atoms with Crippen LogP contribution in [0.15, 0.2) is 0 Å². The molecule has 4 heteroatoms. The number of nitrogens with zero attached hydrogens (tertiary/aromatic N) is 1. The van der Waals surface area contributed by atoms with E-state index >= 15 is 0 Å². The molecular formula is C4H9NO2S. The van der Waals surface area contributed by atoms with Crippen LogP contribution in [0.25, 0.3) is 0 Å². The fraction of sp³-hybridized carbons (Fsp3) is 0.750. The van der Waals surface area contributed by atoms with Crippen LogP contribution in [0.4, 0.5) is 0 Å². The van der Waals surface area contributed by atoms with E-state index in [-0.39, 0.29) is 5.91 Å². The predicted molar refractivity (Wildman–Crippen MR) is 32.5 cm³/mol. The van der Waals surface area contributed by atoms with Crippen LogP contribution in [0.3, 0.4) is 0 Å². The van der Waals surface area contributed by atoms with Gasteiger partial charge in [0.05, 0.1) is 0 Å². The Morgan fingerprint density at radius 2 is 1.50 bits per heavy atom. The number of amides is 1. The van der Waals surface area contributed by atoms with Gasteiger partial charge in [0.1, 0.15) is 0 Å². The molecule has 8 heavy (non-hydrogen) atoms. The third-order valence-corrected chi connectivity index (χ3v) is 0.630. The van der Waals surface area contributed by atoms with E-state index in [4.69, 9.17) is 4.21 Å². The van der Waals surface area contributed by atoms with Crippen molar-refractivity contribution in [3.63, 3.8) is 0 Å². The molecule has 0 spiro atoms. The average Bonchev–Trinajstić information content (AvgIpc) is 1.72. The minimum Gasteiger partial charge on any atom is -0.349 e. The van der Waals surface area contributed by atoms with Crippen molar-refractivity contribution < 1.29 is 9.00 Å². The SMILES string of the molecule is CC(=O)N(C)C.O=S. The molecule has 0 fully saturated rings. The number of rotatable bonds is 0. The van der Waals surface area contributed by atoms with E-state index in [1.165, 1.54) is 11.8 Å². The van der Waals surface area contributed by atoms with Crippen molar-refractivity contribution in [3.05, 3.63) is 0 Å². The van der Waals surface area contributed by atoms with Crippen molar-refractivity contribution in [1.29, 1.82) is 0 Å². The fourth-order valence-corrected chi connectivity index (χ4v) is 0. The molecule has 1 amide bonds. The highest BCUT2D eigenvalue weighted by atomic mass is 32.1. The molecule has 0 N–H and O–H groups in total. The molecule has 0 saturated heterocycles. The Morgan fingerprint density at radius 3 is 1.50 bits per heavy atom. The molecule has 0 rings (SSSR count). The van der Waals surface area contributed by atoms with Crippen LogP contribution in [0.1, 0.15) is 6.92 Å². The Kier molecular flexibility index (Phi) is 8.49. The van der Waals surface area contributed by atoms with Crippen molar-refractivity contribution in [1.82, 2.24) is 4.90 Å². The van der Waals surface area contributed by atoms with Gasteiger partial charge in [0, 0.05) is 21.0 Å². The second kappa shape index (κ2) is 6.49. The van der Waals surface area contributed by atoms with Crippen LogP contribution in [0.2, 0.25) is 0 Å². The van der Waals surface area contributed by atoms with Crippen LogP contribution >= 0.6 is 0 Å². The van der Waals surface area contributed by atoms with E-state index < -0.39 is 0 Å². The summed E-state index contributed by atoms with van der Waals surface area (Å²) in [5, 5.41) is 0. The highest BCUT2D eigenvalue weighted by Crippen LogP contribution is 1.69. The van der Waals surface area contributed by atoms with Crippen LogP contribution in [0, 0.1) is 0 Å². The molecule has 48 valence electrons. The van der Waals surface area contributed by atoms with Gasteiger partial charge in [-0.15, -0.1) is 0 Å². The lowest BCUT2D eigenvalue weighted by Gasteiger charge is -2.02. The lowest BCUT2D eigenvalue weighted by atomic mass is 10.7. The van der Waals surface area contributed by atoms with E-state index in [1.54, 1.807) is 14.1 Å². The van der Waals surface area contributed by atoms with Gasteiger partial charge >= 0.3 is 0 Å². The van der Waals surface area contributed by atoms with Crippen LogP contribution in [-0.4, -0.2) is 29.1 Å². The van der Waals surface area contributed by atoms with E-state index in [2.05, 4.69) is 12.5 Å². The Bertz CT molecular complexity index is 74.4. The standard InChI is InChI=1S/C4H9NO.OS/c1-4(6)5(2)3;1-2/h1-3H3;. The van der Waals surface area contributed by atoms with E-state index in [0.717, 1.165) is 0 Å². The molecule has 0 aromatic rings. The molecule has 0 aliphatic carbocycles. The lowest BCUT2D eigenvalue weighted by Crippen LogP contribution is -2.17. The Hall–Kier alpha value is -0.510. The van der Waals surface area contributed by atoms with Gasteiger partial charge in [0.25, 0.3) is 0 Å². The smallest absolute Gasteiger partial charge is 0.218 e. The molecule has 0 aromatic carbocycles. The summed E-state index contributed by atoms with van der Waals surface area (Å²) in [6, 6.07) is 0. The number of carbonyl (C=O) groups is 1. The maximum Gasteiger partial charge on any atom is 0.218 e. The zero-order valence-corrected chi connectivity index (χ0v) is 5.99. The van der Waals surface area contributed by atoms with Gasteiger partial charge in [-0.25, -0.2) is 0 Å². The molecule has 0 aliphatic rings. The van der Waals surface area contributed by atoms with Crippen molar-refractivity contribution in [3.8, 4) is 0 Å². The minimum atomic E-state index is 0.0926. The zero-order valence-electron chi connectivity index (χ0n) is 5.17. The second-order valence-electron chi connectivity index (χ2n) is 1.41. The summed E-state index contributed by atoms with van der Waals surface area (Å²) in [6.07, 6.45) is 0. The van der Waals surface area contributed by atoms with E-state index in [9.17, 15) is 4.79 Å². The first kappa shape index (κ1) is 10.5. The summed E-state index contributed by atoms with van der Waals surface area (Å²) in [6.45, 7) is 1.53. The zero-order chi connectivity index (χ0) is 7.15. The van der Waals surface area contributed by atoms with Crippen LogP contribution in [0.5, 0.6) is 0 Å². The third-order valence-electron chi connectivity index (χ3n) is 0.630. The molecule has 0 radical (unpaired) electrons. The highest BCUT2D eigenvalue weighted by molar-refractivity contribution is 7.44. The molecule has 0 atom stereocenters. The van der Waals surface area contributed by atoms with Gasteiger partial charge in [0.15, 0.2) is 12.5 Å². The topological polar surface area (TPSA) is 37.4 Å². The number of hydrogen-bond donors (Lipinski definition) is 0. The Balaban J connectivity index is 0. The van der Waals surface area contributed by atoms with Gasteiger partial charge < -0.3 is 4.90 Å². The summed E-state index contributed by atoms with van der Waals surface area (Å²) >= 11 is 2.83. The molecule has 3 nitrogen and oxygen atoms in total. The molecule has 0 aromatic heterocycles.